The molecule has 0 aliphatic heterocycles. The van der Waals surface area contributed by atoms with Crippen molar-refractivity contribution < 1.29 is 17.9 Å². The van der Waals surface area contributed by atoms with E-state index in [1.54, 1.807) is 19.4 Å². The van der Waals surface area contributed by atoms with Gasteiger partial charge in [0.05, 0.1) is 24.7 Å². The van der Waals surface area contributed by atoms with Crippen LogP contribution in [0.1, 0.15) is 44.6 Å². The second-order valence-electron chi connectivity index (χ2n) is 8.78. The van der Waals surface area contributed by atoms with Crippen molar-refractivity contribution in [1.82, 2.24) is 4.98 Å². The van der Waals surface area contributed by atoms with Crippen LogP contribution in [0, 0.1) is 0 Å². The number of methoxy groups -OCH3 is 1. The second kappa shape index (κ2) is 11.4. The van der Waals surface area contributed by atoms with Gasteiger partial charge in [0.25, 0.3) is 0 Å². The summed E-state index contributed by atoms with van der Waals surface area (Å²) in [5.41, 5.74) is 3.32. The molecule has 1 heterocycles. The number of sulfonamides is 1. The monoisotopic (exact) mass is 495 g/mol. The lowest BCUT2D eigenvalue weighted by Crippen LogP contribution is -2.19. The topological polar surface area (TPSA) is 80.8 Å². The van der Waals surface area contributed by atoms with Crippen molar-refractivity contribution in [3.05, 3.63) is 72.6 Å². The Morgan fingerprint density at radius 2 is 1.83 bits per heavy atom. The molecule has 0 bridgehead atoms. The van der Waals surface area contributed by atoms with Crippen molar-refractivity contribution in [1.29, 1.82) is 0 Å². The van der Waals surface area contributed by atoms with Crippen LogP contribution >= 0.6 is 0 Å². The van der Waals surface area contributed by atoms with Gasteiger partial charge in [0.15, 0.2) is 11.5 Å². The van der Waals surface area contributed by atoms with Crippen molar-refractivity contribution in [3.8, 4) is 11.5 Å². The number of hydrogen-bond acceptors (Lipinski definition) is 6. The van der Waals surface area contributed by atoms with E-state index in [-0.39, 0.29) is 11.9 Å². The first-order chi connectivity index (χ1) is 17.0. The number of nitrogens with one attached hydrogen (secondary N) is 1. The van der Waals surface area contributed by atoms with Crippen LogP contribution in [0.25, 0.3) is 0 Å². The molecule has 1 aliphatic rings. The smallest absolute Gasteiger partial charge is 0.232 e. The average molecular weight is 496 g/mol. The summed E-state index contributed by atoms with van der Waals surface area (Å²) in [5, 5.41) is 0. The highest BCUT2D eigenvalue weighted by molar-refractivity contribution is 7.92. The lowest BCUT2D eigenvalue weighted by Gasteiger charge is -2.27. The van der Waals surface area contributed by atoms with E-state index in [4.69, 9.17) is 9.47 Å². The summed E-state index contributed by atoms with van der Waals surface area (Å²) in [6.45, 7) is 2.40. The van der Waals surface area contributed by atoms with Crippen LogP contribution in [0.5, 0.6) is 11.5 Å². The summed E-state index contributed by atoms with van der Waals surface area (Å²) in [6.07, 6.45) is 8.79. The maximum Gasteiger partial charge on any atom is 0.232 e. The van der Waals surface area contributed by atoms with E-state index < -0.39 is 10.0 Å². The van der Waals surface area contributed by atoms with Crippen LogP contribution in [0.4, 0.5) is 17.1 Å². The minimum atomic E-state index is -3.39. The molecule has 1 N–H and O–H groups in total. The molecule has 8 heteroatoms. The van der Waals surface area contributed by atoms with Crippen LogP contribution < -0.4 is 19.1 Å². The third-order valence-corrected chi connectivity index (χ3v) is 7.51. The Morgan fingerprint density at radius 1 is 1.03 bits per heavy atom. The number of hydrogen-bond donors (Lipinski definition) is 1. The number of pyridine rings is 1. The van der Waals surface area contributed by atoms with Gasteiger partial charge in [-0.05, 0) is 74.1 Å². The van der Waals surface area contributed by atoms with Gasteiger partial charge in [-0.2, -0.15) is 0 Å². The first-order valence-electron chi connectivity index (χ1n) is 12.1. The number of nitrogens with zero attached hydrogens (tertiary/aromatic N) is 2. The predicted octanol–water partition coefficient (Wildman–Crippen LogP) is 5.90. The Hall–Kier alpha value is -3.26. The molecule has 0 radical (unpaired) electrons. The van der Waals surface area contributed by atoms with Gasteiger partial charge < -0.3 is 14.4 Å². The highest BCUT2D eigenvalue weighted by Gasteiger charge is 2.20. The quantitative estimate of drug-likeness (QED) is 0.357. The molecule has 1 aliphatic carbocycles. The first-order valence-corrected chi connectivity index (χ1v) is 13.7. The lowest BCUT2D eigenvalue weighted by molar-refractivity contribution is 0.201. The van der Waals surface area contributed by atoms with E-state index in [0.717, 1.165) is 29.8 Å². The predicted molar refractivity (Wildman–Crippen MR) is 140 cm³/mol. The van der Waals surface area contributed by atoms with E-state index in [2.05, 4.69) is 14.6 Å². The van der Waals surface area contributed by atoms with Crippen molar-refractivity contribution in [2.24, 2.45) is 0 Å². The minimum Gasteiger partial charge on any atom is -0.493 e. The van der Waals surface area contributed by atoms with Gasteiger partial charge in [-0.15, -0.1) is 0 Å². The molecule has 3 aromatic rings. The fourth-order valence-corrected chi connectivity index (χ4v) is 5.48. The third kappa shape index (κ3) is 6.66. The van der Waals surface area contributed by atoms with Crippen molar-refractivity contribution in [2.45, 2.75) is 51.7 Å². The molecule has 2 aromatic carbocycles. The van der Waals surface area contributed by atoms with E-state index in [9.17, 15) is 8.42 Å². The van der Waals surface area contributed by atoms with Gasteiger partial charge >= 0.3 is 0 Å². The van der Waals surface area contributed by atoms with E-state index in [1.165, 1.54) is 12.8 Å². The Balaban J connectivity index is 1.70. The Morgan fingerprint density at radius 3 is 2.54 bits per heavy atom. The largest absolute Gasteiger partial charge is 0.493 e. The van der Waals surface area contributed by atoms with Crippen LogP contribution in [0.2, 0.25) is 0 Å². The lowest BCUT2D eigenvalue weighted by atomic mass is 10.1. The summed E-state index contributed by atoms with van der Waals surface area (Å²) >= 11 is 0. The van der Waals surface area contributed by atoms with E-state index in [0.29, 0.717) is 30.2 Å². The molecule has 186 valence electrons. The second-order valence-corrected chi connectivity index (χ2v) is 10.6. The van der Waals surface area contributed by atoms with Crippen LogP contribution in [-0.4, -0.2) is 32.4 Å². The fourth-order valence-electron chi connectivity index (χ4n) is 4.35. The Kier molecular flexibility index (Phi) is 8.13. The van der Waals surface area contributed by atoms with Crippen LogP contribution in [0.15, 0.2) is 67.0 Å². The van der Waals surface area contributed by atoms with Crippen LogP contribution in [0.3, 0.4) is 0 Å². The highest BCUT2D eigenvalue weighted by atomic mass is 32.2. The average Bonchev–Trinajstić information content (AvgIpc) is 3.36. The molecule has 7 nitrogen and oxygen atoms in total. The number of anilines is 3. The number of ether oxygens (including phenoxy) is 2. The third-order valence-electron chi connectivity index (χ3n) is 6.02. The molecule has 0 atom stereocenters. The van der Waals surface area contributed by atoms with Gasteiger partial charge in [0.1, 0.15) is 0 Å². The zero-order chi connectivity index (χ0) is 24.7. The molecule has 0 spiro atoms. The first kappa shape index (κ1) is 24.9. The minimum absolute atomic E-state index is 0.0803. The molecule has 0 amide bonds. The van der Waals surface area contributed by atoms with Gasteiger partial charge in [-0.25, -0.2) is 8.42 Å². The number of rotatable bonds is 11. The standard InChI is InChI=1S/C27H33N3O4S/c1-3-16-35(31,32)29-22-9-6-10-23(17-22)30(20-21-8-7-15-28-19-21)24-13-14-26(33-2)27(18-24)34-25-11-4-5-12-25/h6-10,13-15,17-19,25,29H,3-5,11-12,16,20H2,1-2H3. The van der Waals surface area contributed by atoms with Crippen molar-refractivity contribution >= 4 is 27.1 Å². The van der Waals surface area contributed by atoms with Gasteiger partial charge in [-0.3, -0.25) is 9.71 Å². The number of benzene rings is 2. The van der Waals surface area contributed by atoms with E-state index >= 15 is 0 Å². The maximum absolute atomic E-state index is 12.4. The number of aromatic nitrogens is 1. The van der Waals surface area contributed by atoms with Crippen molar-refractivity contribution in [3.63, 3.8) is 0 Å². The molecule has 35 heavy (non-hydrogen) atoms. The summed E-state index contributed by atoms with van der Waals surface area (Å²) in [5.74, 6) is 1.49. The Bertz CT molecular complexity index is 1210. The summed E-state index contributed by atoms with van der Waals surface area (Å²) in [7, 11) is -1.75. The normalized spacial score (nSPS) is 14.0. The Labute approximate surface area is 208 Å². The fraction of sp³-hybridized carbons (Fsp3) is 0.370. The molecule has 1 saturated carbocycles. The van der Waals surface area contributed by atoms with Gasteiger partial charge in [0, 0.05) is 36.4 Å². The summed E-state index contributed by atoms with van der Waals surface area (Å²) in [4.78, 5) is 6.38. The van der Waals surface area contributed by atoms with Crippen LogP contribution in [-0.2, 0) is 16.6 Å². The van der Waals surface area contributed by atoms with Gasteiger partial charge in [0.2, 0.25) is 10.0 Å². The van der Waals surface area contributed by atoms with Crippen molar-refractivity contribution in [2.75, 3.05) is 22.5 Å². The summed E-state index contributed by atoms with van der Waals surface area (Å²) in [6, 6.07) is 17.3. The maximum atomic E-state index is 12.4. The molecular weight excluding hydrogens is 462 g/mol. The summed E-state index contributed by atoms with van der Waals surface area (Å²) < 4.78 is 39.3. The molecule has 0 saturated heterocycles. The molecule has 0 unspecified atom stereocenters. The highest BCUT2D eigenvalue weighted by Crippen LogP contribution is 2.38. The SMILES string of the molecule is CCCS(=O)(=O)Nc1cccc(N(Cc2cccnc2)c2ccc(OC)c(OC3CCCC3)c2)c1. The van der Waals surface area contributed by atoms with E-state index in [1.807, 2.05) is 61.7 Å². The molecular formula is C27H33N3O4S. The zero-order valence-corrected chi connectivity index (χ0v) is 21.1. The molecule has 4 rings (SSSR count). The molecule has 1 fully saturated rings. The molecule has 1 aromatic heterocycles. The van der Waals surface area contributed by atoms with Gasteiger partial charge in [-0.1, -0.05) is 19.1 Å². The zero-order valence-electron chi connectivity index (χ0n) is 20.3.